The van der Waals surface area contributed by atoms with Crippen LogP contribution in [0.1, 0.15) is 18.1 Å². The van der Waals surface area contributed by atoms with E-state index in [1.54, 1.807) is 11.8 Å². The van der Waals surface area contributed by atoms with E-state index in [1.165, 1.54) is 0 Å². The van der Waals surface area contributed by atoms with E-state index in [0.717, 1.165) is 28.4 Å². The predicted octanol–water partition coefficient (Wildman–Crippen LogP) is 5.76. The molecule has 0 fully saturated rings. The zero-order valence-corrected chi connectivity index (χ0v) is 18.2. The molecule has 0 saturated heterocycles. The third-order valence-electron chi connectivity index (χ3n) is 4.59. The second kappa shape index (κ2) is 10.5. The Labute approximate surface area is 178 Å². The lowest BCUT2D eigenvalue weighted by Crippen LogP contribution is -2.28. The number of benzene rings is 3. The summed E-state index contributed by atoms with van der Waals surface area (Å²) in [5.41, 5.74) is 1.84. The summed E-state index contributed by atoms with van der Waals surface area (Å²) in [6, 6.07) is 26.7. The third-order valence-corrected chi connectivity index (χ3v) is 7.93. The molecule has 0 spiro atoms. The van der Waals surface area contributed by atoms with Crippen LogP contribution in [0.5, 0.6) is 11.5 Å². The fourth-order valence-electron chi connectivity index (χ4n) is 3.04. The van der Waals surface area contributed by atoms with E-state index < -0.39 is 15.1 Å². The van der Waals surface area contributed by atoms with Gasteiger partial charge in [-0.15, -0.1) is 0 Å². The van der Waals surface area contributed by atoms with Crippen molar-refractivity contribution < 1.29 is 13.2 Å². The summed E-state index contributed by atoms with van der Waals surface area (Å²) >= 11 is 1.67. The Hall–Kier alpha value is -2.24. The molecule has 3 aromatic rings. The van der Waals surface area contributed by atoms with Crippen molar-refractivity contribution in [3.63, 3.8) is 0 Å². The van der Waals surface area contributed by atoms with Crippen molar-refractivity contribution in [3.05, 3.63) is 96.1 Å². The Bertz CT molecular complexity index is 970. The van der Waals surface area contributed by atoms with Crippen LogP contribution in [0, 0.1) is 0 Å². The minimum atomic E-state index is -3.26. The normalized spacial score (nSPS) is 12.4. The van der Waals surface area contributed by atoms with Gasteiger partial charge in [0.2, 0.25) is 0 Å². The van der Waals surface area contributed by atoms with Crippen molar-refractivity contribution in [2.75, 3.05) is 11.5 Å². The monoisotopic (exact) mass is 426 g/mol. The highest BCUT2D eigenvalue weighted by atomic mass is 32.2. The fraction of sp³-hybridized carbons (Fsp3) is 0.250. The van der Waals surface area contributed by atoms with Crippen LogP contribution >= 0.6 is 11.8 Å². The SMILES string of the molecule is CCSCC(Cc1ccc(Oc2ccccc2)cc1)S(=O)(=O)Cc1ccccc1. The van der Waals surface area contributed by atoms with Crippen LogP contribution in [0.2, 0.25) is 0 Å². The average molecular weight is 427 g/mol. The van der Waals surface area contributed by atoms with Gasteiger partial charge in [0.1, 0.15) is 11.5 Å². The summed E-state index contributed by atoms with van der Waals surface area (Å²) in [4.78, 5) is 0. The van der Waals surface area contributed by atoms with E-state index >= 15 is 0 Å². The van der Waals surface area contributed by atoms with E-state index in [0.29, 0.717) is 12.2 Å². The van der Waals surface area contributed by atoms with Crippen molar-refractivity contribution >= 4 is 21.6 Å². The van der Waals surface area contributed by atoms with Crippen LogP contribution in [-0.4, -0.2) is 25.2 Å². The third kappa shape index (κ3) is 6.65. The molecular formula is C24H26O3S2. The van der Waals surface area contributed by atoms with Crippen molar-refractivity contribution in [2.24, 2.45) is 0 Å². The van der Waals surface area contributed by atoms with Gasteiger partial charge in [-0.3, -0.25) is 0 Å². The number of para-hydroxylation sites is 1. The number of rotatable bonds is 10. The standard InChI is InChI=1S/C24H26O3S2/c1-2-28-18-24(29(25,26)19-21-9-5-3-6-10-21)17-20-13-15-23(16-14-20)27-22-11-7-4-8-12-22/h3-16,24H,2,17-19H2,1H3. The molecule has 0 aliphatic carbocycles. The molecule has 0 saturated carbocycles. The highest BCUT2D eigenvalue weighted by Crippen LogP contribution is 2.24. The lowest BCUT2D eigenvalue weighted by Gasteiger charge is -2.18. The summed E-state index contributed by atoms with van der Waals surface area (Å²) in [6.07, 6.45) is 0.508. The van der Waals surface area contributed by atoms with E-state index in [4.69, 9.17) is 4.74 Å². The summed E-state index contributed by atoms with van der Waals surface area (Å²) < 4.78 is 32.0. The molecule has 29 heavy (non-hydrogen) atoms. The van der Waals surface area contributed by atoms with Gasteiger partial charge < -0.3 is 4.74 Å². The Morgan fingerprint density at radius 3 is 2.00 bits per heavy atom. The Morgan fingerprint density at radius 1 is 0.793 bits per heavy atom. The molecule has 0 radical (unpaired) electrons. The molecule has 3 nitrogen and oxygen atoms in total. The summed E-state index contributed by atoms with van der Waals surface area (Å²) in [5, 5.41) is -0.409. The van der Waals surface area contributed by atoms with Gasteiger partial charge in [-0.05, 0) is 47.6 Å². The van der Waals surface area contributed by atoms with Crippen LogP contribution in [0.25, 0.3) is 0 Å². The number of hydrogen-bond acceptors (Lipinski definition) is 4. The number of thioether (sulfide) groups is 1. The molecule has 0 N–H and O–H groups in total. The molecule has 1 unspecified atom stereocenters. The second-order valence-electron chi connectivity index (χ2n) is 6.84. The maximum Gasteiger partial charge on any atom is 0.158 e. The van der Waals surface area contributed by atoms with Crippen LogP contribution in [0.4, 0.5) is 0 Å². The molecule has 0 bridgehead atoms. The lowest BCUT2D eigenvalue weighted by atomic mass is 10.1. The molecule has 5 heteroatoms. The first-order valence-electron chi connectivity index (χ1n) is 9.72. The molecule has 0 amide bonds. The smallest absolute Gasteiger partial charge is 0.158 e. The van der Waals surface area contributed by atoms with E-state index in [2.05, 4.69) is 6.92 Å². The van der Waals surface area contributed by atoms with Crippen LogP contribution in [0.3, 0.4) is 0 Å². The van der Waals surface area contributed by atoms with E-state index in [1.807, 2.05) is 84.9 Å². The maximum absolute atomic E-state index is 13.1. The van der Waals surface area contributed by atoms with Gasteiger partial charge in [0.15, 0.2) is 9.84 Å². The highest BCUT2D eigenvalue weighted by Gasteiger charge is 2.26. The molecule has 152 valence electrons. The molecule has 0 aliphatic rings. The van der Waals surface area contributed by atoms with Crippen molar-refractivity contribution in [3.8, 4) is 11.5 Å². The summed E-state index contributed by atoms with van der Waals surface area (Å²) in [5.74, 6) is 3.11. The van der Waals surface area contributed by atoms with E-state index in [9.17, 15) is 8.42 Å². The Kier molecular flexibility index (Phi) is 7.78. The minimum Gasteiger partial charge on any atom is -0.457 e. The molecule has 0 heterocycles. The zero-order valence-electron chi connectivity index (χ0n) is 16.5. The Morgan fingerprint density at radius 2 is 1.38 bits per heavy atom. The van der Waals surface area contributed by atoms with Gasteiger partial charge in [-0.1, -0.05) is 67.6 Å². The van der Waals surface area contributed by atoms with Crippen LogP contribution < -0.4 is 4.74 Å². The zero-order chi connectivity index (χ0) is 20.5. The lowest BCUT2D eigenvalue weighted by molar-refractivity contribution is 0.482. The number of sulfone groups is 1. The molecular weight excluding hydrogens is 400 g/mol. The molecule has 0 aromatic heterocycles. The second-order valence-corrected chi connectivity index (χ2v) is 10.4. The first kappa shape index (κ1) is 21.5. The van der Waals surface area contributed by atoms with Crippen LogP contribution in [-0.2, 0) is 22.0 Å². The van der Waals surface area contributed by atoms with Crippen molar-refractivity contribution in [2.45, 2.75) is 24.3 Å². The minimum absolute atomic E-state index is 0.0813. The summed E-state index contributed by atoms with van der Waals surface area (Å²) in [6.45, 7) is 2.06. The predicted molar refractivity (Wildman–Crippen MR) is 123 cm³/mol. The van der Waals surface area contributed by atoms with Gasteiger partial charge in [0, 0.05) is 5.75 Å². The van der Waals surface area contributed by atoms with Gasteiger partial charge in [0.05, 0.1) is 11.0 Å². The first-order valence-corrected chi connectivity index (χ1v) is 12.6. The fourth-order valence-corrected chi connectivity index (χ4v) is 6.12. The van der Waals surface area contributed by atoms with Gasteiger partial charge in [-0.2, -0.15) is 11.8 Å². The molecule has 0 aliphatic heterocycles. The van der Waals surface area contributed by atoms with Gasteiger partial charge in [-0.25, -0.2) is 8.42 Å². The first-order chi connectivity index (χ1) is 14.1. The highest BCUT2D eigenvalue weighted by molar-refractivity contribution is 8.00. The van der Waals surface area contributed by atoms with Gasteiger partial charge in [0.25, 0.3) is 0 Å². The molecule has 3 aromatic carbocycles. The molecule has 1 atom stereocenters. The van der Waals surface area contributed by atoms with Crippen LogP contribution in [0.15, 0.2) is 84.9 Å². The van der Waals surface area contributed by atoms with Crippen molar-refractivity contribution in [1.82, 2.24) is 0 Å². The largest absolute Gasteiger partial charge is 0.457 e. The van der Waals surface area contributed by atoms with Gasteiger partial charge >= 0.3 is 0 Å². The number of hydrogen-bond donors (Lipinski definition) is 0. The number of ether oxygens (including phenoxy) is 1. The average Bonchev–Trinajstić information content (AvgIpc) is 2.73. The maximum atomic E-state index is 13.1. The topological polar surface area (TPSA) is 43.4 Å². The van der Waals surface area contributed by atoms with E-state index in [-0.39, 0.29) is 5.75 Å². The molecule has 3 rings (SSSR count). The van der Waals surface area contributed by atoms with Crippen molar-refractivity contribution in [1.29, 1.82) is 0 Å². The Balaban J connectivity index is 1.70. The quantitative estimate of drug-likeness (QED) is 0.413. The summed E-state index contributed by atoms with van der Waals surface area (Å²) in [7, 11) is -3.26.